The minimum Gasteiger partial charge on any atom is -0.355 e. The molecule has 1 radical (unpaired) electrons. The maximum absolute atomic E-state index is 12.9. The van der Waals surface area contributed by atoms with Crippen LogP contribution in [0.15, 0.2) is 40.9 Å². The molecule has 0 unspecified atom stereocenters. The van der Waals surface area contributed by atoms with Crippen LogP contribution in [0.3, 0.4) is 0 Å². The minimum absolute atomic E-state index is 0.0595. The Morgan fingerprint density at radius 3 is 2.37 bits per heavy atom. The van der Waals surface area contributed by atoms with Crippen molar-refractivity contribution in [1.82, 2.24) is 10.1 Å². The third kappa shape index (κ3) is 4.33. The highest BCUT2D eigenvalue weighted by Crippen LogP contribution is 2.37. The van der Waals surface area contributed by atoms with Crippen molar-refractivity contribution < 1.29 is 30.9 Å². The molecule has 0 amide bonds. The predicted molar refractivity (Wildman–Crippen MR) is 83.3 cm³/mol. The fraction of sp³-hybridized carbons (Fsp3) is 0.125. The van der Waals surface area contributed by atoms with Gasteiger partial charge in [0, 0.05) is 23.0 Å². The molecule has 0 aliphatic carbocycles. The Bertz CT molecular complexity index is 967. The van der Waals surface area contributed by atoms with Crippen LogP contribution in [0.2, 0.25) is 5.02 Å². The summed E-state index contributed by atoms with van der Waals surface area (Å²) in [6.07, 6.45) is -9.43. The van der Waals surface area contributed by atoms with Crippen molar-refractivity contribution in [1.29, 1.82) is 0 Å². The summed E-state index contributed by atoms with van der Waals surface area (Å²) in [5.74, 6) is -1.83. The van der Waals surface area contributed by atoms with Gasteiger partial charge in [0.05, 0.1) is 10.6 Å². The van der Waals surface area contributed by atoms with E-state index in [0.717, 1.165) is 12.1 Å². The van der Waals surface area contributed by atoms with E-state index in [2.05, 4.69) is 26.0 Å². The minimum atomic E-state index is -4.79. The quantitative estimate of drug-likeness (QED) is 0.544. The fourth-order valence-corrected chi connectivity index (χ4v) is 2.33. The second-order valence-electron chi connectivity index (χ2n) is 5.23. The first kappa shape index (κ1) is 19.0. The van der Waals surface area contributed by atoms with E-state index < -0.39 is 28.8 Å². The number of nitrogens with one attached hydrogen (secondary N) is 1. The molecule has 1 heterocycles. The smallest absolute Gasteiger partial charge is 0.355 e. The van der Waals surface area contributed by atoms with Gasteiger partial charge >= 0.3 is 18.2 Å². The van der Waals surface area contributed by atoms with Gasteiger partial charge in [0.25, 0.3) is 0 Å². The van der Waals surface area contributed by atoms with Gasteiger partial charge in [-0.1, -0.05) is 28.9 Å². The van der Waals surface area contributed by atoms with Gasteiger partial charge in [0.15, 0.2) is 0 Å². The van der Waals surface area contributed by atoms with Crippen LogP contribution in [-0.2, 0) is 12.4 Å². The number of halogens is 7. The molecule has 0 saturated heterocycles. The van der Waals surface area contributed by atoms with Gasteiger partial charge in [-0.25, -0.2) is 0 Å². The SMILES string of the molecule is FC(F)(F)c1nc(-c2cc[c]c(Nc3ccc(Cl)c(C(F)(F)F)c3)c2)no1. The van der Waals surface area contributed by atoms with Gasteiger partial charge in [-0.05, 0) is 24.3 Å². The zero-order chi connectivity index (χ0) is 19.8. The number of rotatable bonds is 3. The Morgan fingerprint density at radius 1 is 1.00 bits per heavy atom. The number of nitrogens with zero attached hydrogens (tertiary/aromatic N) is 2. The summed E-state index contributed by atoms with van der Waals surface area (Å²) in [6, 6.07) is 9.93. The van der Waals surface area contributed by atoms with Crippen LogP contribution < -0.4 is 5.32 Å². The molecule has 1 N–H and O–H groups in total. The number of aromatic nitrogens is 2. The van der Waals surface area contributed by atoms with Crippen molar-refractivity contribution in [2.75, 3.05) is 5.32 Å². The molecule has 3 rings (SSSR count). The predicted octanol–water partition coefficient (Wildman–Crippen LogP) is 5.97. The van der Waals surface area contributed by atoms with E-state index in [1.807, 2.05) is 0 Å². The van der Waals surface area contributed by atoms with Crippen molar-refractivity contribution in [2.45, 2.75) is 12.4 Å². The monoisotopic (exact) mass is 406 g/mol. The number of benzene rings is 2. The molecule has 0 atom stereocenters. The van der Waals surface area contributed by atoms with E-state index in [9.17, 15) is 26.3 Å². The highest BCUT2D eigenvalue weighted by atomic mass is 35.5. The molecule has 4 nitrogen and oxygen atoms in total. The van der Waals surface area contributed by atoms with Gasteiger partial charge in [-0.2, -0.15) is 31.3 Å². The molecule has 0 saturated carbocycles. The largest absolute Gasteiger partial charge is 0.471 e. The molecule has 27 heavy (non-hydrogen) atoms. The van der Waals surface area contributed by atoms with Gasteiger partial charge < -0.3 is 9.84 Å². The van der Waals surface area contributed by atoms with E-state index in [0.29, 0.717) is 0 Å². The van der Waals surface area contributed by atoms with E-state index in [4.69, 9.17) is 11.6 Å². The summed E-state index contributed by atoms with van der Waals surface area (Å²) in [5.41, 5.74) is -0.635. The summed E-state index contributed by atoms with van der Waals surface area (Å²) >= 11 is 5.55. The molecular weight excluding hydrogens is 400 g/mol. The number of hydrogen-bond donors (Lipinski definition) is 1. The van der Waals surface area contributed by atoms with Crippen LogP contribution in [0.4, 0.5) is 37.7 Å². The third-order valence-corrected chi connectivity index (χ3v) is 3.61. The average Bonchev–Trinajstić information content (AvgIpc) is 3.06. The van der Waals surface area contributed by atoms with Crippen LogP contribution in [0.1, 0.15) is 11.5 Å². The normalized spacial score (nSPS) is 12.3. The van der Waals surface area contributed by atoms with Crippen LogP contribution in [0.25, 0.3) is 11.4 Å². The second kappa shape index (κ2) is 6.76. The van der Waals surface area contributed by atoms with Gasteiger partial charge in [0.1, 0.15) is 0 Å². The fourth-order valence-electron chi connectivity index (χ4n) is 2.11. The van der Waals surface area contributed by atoms with Gasteiger partial charge in [-0.15, -0.1) is 0 Å². The summed E-state index contributed by atoms with van der Waals surface area (Å²) in [6.45, 7) is 0. The zero-order valence-corrected chi connectivity index (χ0v) is 13.7. The lowest BCUT2D eigenvalue weighted by molar-refractivity contribution is -0.159. The van der Waals surface area contributed by atoms with E-state index >= 15 is 0 Å². The number of hydrogen-bond acceptors (Lipinski definition) is 4. The van der Waals surface area contributed by atoms with E-state index in [-0.39, 0.29) is 22.8 Å². The Kier molecular flexibility index (Phi) is 4.77. The van der Waals surface area contributed by atoms with Gasteiger partial charge in [0.2, 0.25) is 5.82 Å². The van der Waals surface area contributed by atoms with Crippen molar-refractivity contribution in [2.24, 2.45) is 0 Å². The molecule has 3 aromatic rings. The first-order valence-electron chi connectivity index (χ1n) is 7.11. The third-order valence-electron chi connectivity index (χ3n) is 3.28. The van der Waals surface area contributed by atoms with E-state index in [1.54, 1.807) is 0 Å². The van der Waals surface area contributed by atoms with Crippen molar-refractivity contribution in [3.05, 3.63) is 58.9 Å². The highest BCUT2D eigenvalue weighted by Gasteiger charge is 2.38. The summed E-state index contributed by atoms with van der Waals surface area (Å²) in [4.78, 5) is 3.25. The maximum atomic E-state index is 12.9. The van der Waals surface area contributed by atoms with Crippen molar-refractivity contribution >= 4 is 23.0 Å². The summed E-state index contributed by atoms with van der Waals surface area (Å²) < 4.78 is 80.5. The molecule has 0 aliphatic heterocycles. The molecule has 0 bridgehead atoms. The second-order valence-corrected chi connectivity index (χ2v) is 5.64. The van der Waals surface area contributed by atoms with Crippen molar-refractivity contribution in [3.8, 4) is 11.4 Å². The lowest BCUT2D eigenvalue weighted by atomic mass is 10.1. The first-order valence-corrected chi connectivity index (χ1v) is 7.48. The first-order chi connectivity index (χ1) is 12.5. The highest BCUT2D eigenvalue weighted by molar-refractivity contribution is 6.31. The summed E-state index contributed by atoms with van der Waals surface area (Å²) in [7, 11) is 0. The maximum Gasteiger partial charge on any atom is 0.471 e. The Morgan fingerprint density at radius 2 is 1.74 bits per heavy atom. The Hall–Kier alpha value is -2.75. The lowest BCUT2D eigenvalue weighted by Gasteiger charge is -2.12. The molecule has 11 heteroatoms. The average molecular weight is 407 g/mol. The zero-order valence-electron chi connectivity index (χ0n) is 12.9. The van der Waals surface area contributed by atoms with Crippen LogP contribution in [0, 0.1) is 6.07 Å². The van der Waals surface area contributed by atoms with Crippen LogP contribution >= 0.6 is 11.6 Å². The molecule has 1 aromatic heterocycles. The molecule has 141 valence electrons. The number of alkyl halides is 6. The Balaban J connectivity index is 1.88. The molecule has 0 aliphatic rings. The van der Waals surface area contributed by atoms with E-state index in [1.165, 1.54) is 24.3 Å². The van der Waals surface area contributed by atoms with Gasteiger partial charge in [-0.3, -0.25) is 0 Å². The van der Waals surface area contributed by atoms with Crippen molar-refractivity contribution in [3.63, 3.8) is 0 Å². The molecule has 0 fully saturated rings. The van der Waals surface area contributed by atoms with Crippen LogP contribution in [0.5, 0.6) is 0 Å². The topological polar surface area (TPSA) is 51.0 Å². The molecule has 0 spiro atoms. The lowest BCUT2D eigenvalue weighted by Crippen LogP contribution is -2.06. The standard InChI is InChI=1S/C16H7ClF6N3O/c17-12-5-4-10(7-11(12)15(18,19)20)24-9-3-1-2-8(6-9)13-25-14(27-26-13)16(21,22)23/h1-2,4-7,24H. The molecular formula is C16H7ClF6N3O. The Labute approximate surface area is 152 Å². The number of anilines is 2. The summed E-state index contributed by atoms with van der Waals surface area (Å²) in [5, 5.41) is 5.45. The molecule has 2 aromatic carbocycles. The van der Waals surface area contributed by atoms with Crippen LogP contribution in [-0.4, -0.2) is 10.1 Å².